The highest BCUT2D eigenvalue weighted by molar-refractivity contribution is 6.35. The Labute approximate surface area is 202 Å². The number of aryl methyl sites for hydroxylation is 1. The Hall–Kier alpha value is -2.42. The van der Waals surface area contributed by atoms with Crippen LogP contribution < -0.4 is 5.32 Å². The average molecular weight is 522 g/mol. The summed E-state index contributed by atoms with van der Waals surface area (Å²) in [5.41, 5.74) is 0.232. The number of nitrogens with one attached hydrogen (secondary N) is 1. The van der Waals surface area contributed by atoms with Crippen LogP contribution in [0.2, 0.25) is 15.1 Å². The van der Waals surface area contributed by atoms with Crippen LogP contribution in [0.4, 0.5) is 13.2 Å². The molecule has 33 heavy (non-hydrogen) atoms. The Bertz CT molecular complexity index is 1200. The highest BCUT2D eigenvalue weighted by Gasteiger charge is 2.42. The number of rotatable bonds is 6. The molecule has 0 saturated carbocycles. The minimum absolute atomic E-state index is 0.00445. The van der Waals surface area contributed by atoms with Crippen LogP contribution in [0, 0.1) is 0 Å². The molecule has 1 unspecified atom stereocenters. The van der Waals surface area contributed by atoms with Crippen molar-refractivity contribution in [2.24, 2.45) is 0 Å². The van der Waals surface area contributed by atoms with Crippen molar-refractivity contribution in [2.75, 3.05) is 6.61 Å². The van der Waals surface area contributed by atoms with E-state index in [2.05, 4.69) is 0 Å². The van der Waals surface area contributed by atoms with Crippen LogP contribution >= 0.6 is 34.8 Å². The van der Waals surface area contributed by atoms with Gasteiger partial charge in [-0.25, -0.2) is 4.79 Å². The minimum Gasteiger partial charge on any atom is -0.462 e. The molecule has 11 heteroatoms. The van der Waals surface area contributed by atoms with Crippen molar-refractivity contribution in [1.29, 1.82) is 0 Å². The second-order valence-corrected chi connectivity index (χ2v) is 8.32. The van der Waals surface area contributed by atoms with Crippen molar-refractivity contribution in [2.45, 2.75) is 32.6 Å². The van der Waals surface area contributed by atoms with Gasteiger partial charge in [-0.2, -0.15) is 13.2 Å². The molecule has 0 radical (unpaired) electrons. The number of hydrogen-bond donors (Lipinski definition) is 1. The summed E-state index contributed by atoms with van der Waals surface area (Å²) in [6, 6.07) is 5.44. The number of amides is 1. The molecule has 1 amide bonds. The average Bonchev–Trinajstić information content (AvgIpc) is 3.07. The SMILES string of the molecule is CCOC(=O)c1cc2cc(C(=O)NC(c3cc(Cl)cc(Cl)c3)C(F)(F)F)n(CC)c2cc1Cl. The summed E-state index contributed by atoms with van der Waals surface area (Å²) < 4.78 is 47.9. The van der Waals surface area contributed by atoms with E-state index in [-0.39, 0.29) is 45.0 Å². The van der Waals surface area contributed by atoms with Gasteiger partial charge in [0.2, 0.25) is 0 Å². The molecule has 5 nitrogen and oxygen atoms in total. The first-order valence-electron chi connectivity index (χ1n) is 9.79. The molecular weight excluding hydrogens is 504 g/mol. The van der Waals surface area contributed by atoms with E-state index in [1.54, 1.807) is 13.8 Å². The Balaban J connectivity index is 2.05. The van der Waals surface area contributed by atoms with Crippen molar-refractivity contribution < 1.29 is 27.5 Å². The first kappa shape index (κ1) is 25.2. The molecule has 1 aromatic heterocycles. The topological polar surface area (TPSA) is 60.3 Å². The highest BCUT2D eigenvalue weighted by atomic mass is 35.5. The number of nitrogens with zero attached hydrogens (tertiary/aromatic N) is 1. The van der Waals surface area contributed by atoms with E-state index in [1.165, 1.54) is 28.8 Å². The number of benzene rings is 2. The zero-order valence-electron chi connectivity index (χ0n) is 17.4. The van der Waals surface area contributed by atoms with Gasteiger partial charge in [-0.05, 0) is 55.8 Å². The van der Waals surface area contributed by atoms with E-state index in [1.807, 2.05) is 5.32 Å². The summed E-state index contributed by atoms with van der Waals surface area (Å²) in [4.78, 5) is 25.1. The zero-order valence-corrected chi connectivity index (χ0v) is 19.7. The van der Waals surface area contributed by atoms with Crippen LogP contribution in [0.3, 0.4) is 0 Å². The maximum atomic E-state index is 13.8. The van der Waals surface area contributed by atoms with Crippen molar-refractivity contribution in [3.8, 4) is 0 Å². The van der Waals surface area contributed by atoms with Crippen LogP contribution in [0.1, 0.15) is 46.3 Å². The first-order chi connectivity index (χ1) is 15.5. The third kappa shape index (κ3) is 5.39. The lowest BCUT2D eigenvalue weighted by Crippen LogP contribution is -2.38. The van der Waals surface area contributed by atoms with Gasteiger partial charge in [-0.1, -0.05) is 34.8 Å². The van der Waals surface area contributed by atoms with E-state index in [0.29, 0.717) is 10.9 Å². The molecule has 0 bridgehead atoms. The minimum atomic E-state index is -4.81. The maximum Gasteiger partial charge on any atom is 0.412 e. The van der Waals surface area contributed by atoms with Gasteiger partial charge < -0.3 is 14.6 Å². The van der Waals surface area contributed by atoms with Crippen molar-refractivity contribution in [1.82, 2.24) is 9.88 Å². The van der Waals surface area contributed by atoms with E-state index >= 15 is 0 Å². The fraction of sp³-hybridized carbons (Fsp3) is 0.273. The smallest absolute Gasteiger partial charge is 0.412 e. The van der Waals surface area contributed by atoms with Gasteiger partial charge in [0.25, 0.3) is 5.91 Å². The van der Waals surface area contributed by atoms with Crippen LogP contribution in [-0.4, -0.2) is 29.2 Å². The second kappa shape index (κ2) is 9.83. The molecule has 1 N–H and O–H groups in total. The molecule has 0 aliphatic heterocycles. The van der Waals surface area contributed by atoms with Crippen LogP contribution in [-0.2, 0) is 11.3 Å². The highest BCUT2D eigenvalue weighted by Crippen LogP contribution is 2.36. The number of hydrogen-bond acceptors (Lipinski definition) is 3. The molecule has 2 aromatic carbocycles. The molecule has 0 fully saturated rings. The quantitative estimate of drug-likeness (QED) is 0.362. The third-order valence-corrected chi connectivity index (χ3v) is 5.60. The Morgan fingerprint density at radius 2 is 1.67 bits per heavy atom. The number of fused-ring (bicyclic) bond motifs is 1. The fourth-order valence-corrected chi connectivity index (χ4v) is 4.26. The molecule has 0 saturated heterocycles. The maximum absolute atomic E-state index is 13.8. The lowest BCUT2D eigenvalue weighted by atomic mass is 10.1. The number of ether oxygens (including phenoxy) is 1. The Kier molecular flexibility index (Phi) is 7.51. The van der Waals surface area contributed by atoms with Gasteiger partial charge in [0.15, 0.2) is 6.04 Å². The normalized spacial score (nSPS) is 12.6. The molecule has 3 rings (SSSR count). The Morgan fingerprint density at radius 3 is 2.21 bits per heavy atom. The molecule has 1 atom stereocenters. The van der Waals surface area contributed by atoms with Gasteiger partial charge in [0.1, 0.15) is 5.69 Å². The zero-order chi connectivity index (χ0) is 24.5. The van der Waals surface area contributed by atoms with Crippen molar-refractivity contribution >= 4 is 57.6 Å². The van der Waals surface area contributed by atoms with E-state index < -0.39 is 24.1 Å². The van der Waals surface area contributed by atoms with Gasteiger partial charge >= 0.3 is 12.1 Å². The van der Waals surface area contributed by atoms with Crippen molar-refractivity contribution in [3.05, 3.63) is 68.3 Å². The summed E-state index contributed by atoms with van der Waals surface area (Å²) in [5.74, 6) is -1.62. The predicted molar refractivity (Wildman–Crippen MR) is 121 cm³/mol. The van der Waals surface area contributed by atoms with E-state index in [9.17, 15) is 22.8 Å². The number of aromatic nitrogens is 1. The lowest BCUT2D eigenvalue weighted by Gasteiger charge is -2.23. The Morgan fingerprint density at radius 1 is 1.03 bits per heavy atom. The van der Waals surface area contributed by atoms with Gasteiger partial charge in [-0.3, -0.25) is 4.79 Å². The van der Waals surface area contributed by atoms with E-state index in [4.69, 9.17) is 39.5 Å². The lowest BCUT2D eigenvalue weighted by molar-refractivity contribution is -0.155. The molecule has 1 heterocycles. The third-order valence-electron chi connectivity index (χ3n) is 4.86. The van der Waals surface area contributed by atoms with Gasteiger partial charge in [0.05, 0.1) is 22.7 Å². The summed E-state index contributed by atoms with van der Waals surface area (Å²) in [7, 11) is 0. The molecule has 0 aliphatic carbocycles. The first-order valence-corrected chi connectivity index (χ1v) is 10.9. The summed E-state index contributed by atoms with van der Waals surface area (Å²) in [6.45, 7) is 3.77. The number of alkyl halides is 3. The number of carbonyl (C=O) groups is 2. The van der Waals surface area contributed by atoms with Crippen LogP contribution in [0.25, 0.3) is 10.9 Å². The van der Waals surface area contributed by atoms with Crippen LogP contribution in [0.15, 0.2) is 36.4 Å². The standard InChI is InChI=1S/C22H18Cl3F3N2O3/c1-3-30-17-10-16(25)15(21(32)33-4-2)7-11(17)8-18(30)20(31)29-19(22(26,27)28)12-5-13(23)9-14(24)6-12/h5-10,19H,3-4H2,1-2H3,(H,29,31). The summed E-state index contributed by atoms with van der Waals surface area (Å²) in [6.07, 6.45) is -4.81. The van der Waals surface area contributed by atoms with Crippen molar-refractivity contribution in [3.63, 3.8) is 0 Å². The number of halogens is 6. The number of esters is 1. The molecule has 0 spiro atoms. The molecule has 3 aromatic rings. The molecule has 176 valence electrons. The largest absolute Gasteiger partial charge is 0.462 e. The number of carbonyl (C=O) groups excluding carboxylic acids is 2. The fourth-order valence-electron chi connectivity index (χ4n) is 3.48. The summed E-state index contributed by atoms with van der Waals surface area (Å²) >= 11 is 17.9. The van der Waals surface area contributed by atoms with Crippen LogP contribution in [0.5, 0.6) is 0 Å². The molecular formula is C22H18Cl3F3N2O3. The second-order valence-electron chi connectivity index (χ2n) is 7.04. The van der Waals surface area contributed by atoms with Gasteiger partial charge in [-0.15, -0.1) is 0 Å². The van der Waals surface area contributed by atoms with E-state index in [0.717, 1.165) is 12.1 Å². The van der Waals surface area contributed by atoms with Gasteiger partial charge in [0, 0.05) is 22.0 Å². The summed E-state index contributed by atoms with van der Waals surface area (Å²) in [5, 5.41) is 2.58. The molecule has 0 aliphatic rings. The predicted octanol–water partition coefficient (Wildman–Crippen LogP) is 6.83. The monoisotopic (exact) mass is 520 g/mol.